The molecule has 1 aliphatic rings. The van der Waals surface area contributed by atoms with Gasteiger partial charge in [0.05, 0.1) is 0 Å². The van der Waals surface area contributed by atoms with Crippen LogP contribution < -0.4 is 0 Å². The molecule has 0 fully saturated rings. The molecule has 0 aliphatic carbocycles. The topological polar surface area (TPSA) is 0 Å². The van der Waals surface area contributed by atoms with E-state index in [0.717, 1.165) is 0 Å². The van der Waals surface area contributed by atoms with Crippen LogP contribution in [0.1, 0.15) is 52.9 Å². The van der Waals surface area contributed by atoms with Crippen LogP contribution in [0.3, 0.4) is 0 Å². The Morgan fingerprint density at radius 1 is 1.14 bits per heavy atom. The van der Waals surface area contributed by atoms with Crippen molar-refractivity contribution >= 4 is 23.5 Å². The van der Waals surface area contributed by atoms with E-state index in [0.29, 0.717) is 0 Å². The molecule has 0 unspecified atom stereocenters. The van der Waals surface area contributed by atoms with Crippen molar-refractivity contribution in [2.45, 2.75) is 52.9 Å². The highest BCUT2D eigenvalue weighted by Crippen LogP contribution is 2.43. The van der Waals surface area contributed by atoms with Gasteiger partial charge in [0.25, 0.3) is 0 Å². The molecule has 1 aliphatic heterocycles. The third-order valence-corrected chi connectivity index (χ3v) is 4.89. The Kier molecular flexibility index (Phi) is 5.80. The van der Waals surface area contributed by atoms with Crippen LogP contribution in [-0.4, -0.2) is 0 Å². The summed E-state index contributed by atoms with van der Waals surface area (Å²) in [5.41, 5.74) is 0. The van der Waals surface area contributed by atoms with Gasteiger partial charge in [-0.3, -0.25) is 0 Å². The summed E-state index contributed by atoms with van der Waals surface area (Å²) in [6.45, 7) is 6.76. The van der Waals surface area contributed by atoms with Crippen LogP contribution in [0.5, 0.6) is 0 Å². The molecule has 0 nitrogen and oxygen atoms in total. The van der Waals surface area contributed by atoms with Crippen LogP contribution in [0.2, 0.25) is 0 Å². The molecule has 1 heterocycles. The second-order valence-electron chi connectivity index (χ2n) is 3.64. The molecule has 0 atom stereocenters. The van der Waals surface area contributed by atoms with Crippen molar-refractivity contribution in [1.29, 1.82) is 0 Å². The van der Waals surface area contributed by atoms with Gasteiger partial charge < -0.3 is 0 Å². The lowest BCUT2D eigenvalue weighted by atomic mass is 10.2. The predicted molar refractivity (Wildman–Crippen MR) is 70.4 cm³/mol. The fourth-order valence-electron chi connectivity index (χ4n) is 1.39. The van der Waals surface area contributed by atoms with Crippen molar-refractivity contribution in [3.05, 3.63) is 20.1 Å². The van der Waals surface area contributed by atoms with Crippen molar-refractivity contribution in [2.75, 3.05) is 0 Å². The van der Waals surface area contributed by atoms with Crippen LogP contribution in [0.25, 0.3) is 0 Å². The molecule has 0 spiro atoms. The molecule has 1 rings (SSSR count). The molecular formula is C12H20S2. The summed E-state index contributed by atoms with van der Waals surface area (Å²) in [5.74, 6) is 0. The summed E-state index contributed by atoms with van der Waals surface area (Å²) in [6.07, 6.45) is 6.43. The summed E-state index contributed by atoms with van der Waals surface area (Å²) in [4.78, 5) is 4.69. The first-order chi connectivity index (χ1) is 6.77. The highest BCUT2D eigenvalue weighted by atomic mass is 32.2. The van der Waals surface area contributed by atoms with E-state index in [1.807, 2.05) is 23.5 Å². The standard InChI is InChI=1S/C12H20S2/c1-4-6-8-11-9-13-10(3)12(14-11)7-5-2/h9H,4-8H2,1-3H3. The van der Waals surface area contributed by atoms with Gasteiger partial charge in [0.2, 0.25) is 0 Å². The minimum Gasteiger partial charge on any atom is -0.101 e. The van der Waals surface area contributed by atoms with E-state index in [1.165, 1.54) is 37.0 Å². The highest BCUT2D eigenvalue weighted by molar-refractivity contribution is 8.12. The van der Waals surface area contributed by atoms with E-state index in [4.69, 9.17) is 0 Å². The molecule has 2 heteroatoms. The monoisotopic (exact) mass is 228 g/mol. The number of rotatable bonds is 5. The van der Waals surface area contributed by atoms with Crippen molar-refractivity contribution in [2.24, 2.45) is 0 Å². The van der Waals surface area contributed by atoms with Gasteiger partial charge in [0.15, 0.2) is 0 Å². The van der Waals surface area contributed by atoms with Crippen molar-refractivity contribution in [3.8, 4) is 0 Å². The maximum absolute atomic E-state index is 2.34. The highest BCUT2D eigenvalue weighted by Gasteiger charge is 2.11. The Labute approximate surface area is 96.6 Å². The zero-order chi connectivity index (χ0) is 10.4. The molecule has 14 heavy (non-hydrogen) atoms. The van der Waals surface area contributed by atoms with E-state index in [9.17, 15) is 0 Å². The van der Waals surface area contributed by atoms with Gasteiger partial charge in [-0.2, -0.15) is 0 Å². The van der Waals surface area contributed by atoms with Gasteiger partial charge in [-0.25, -0.2) is 0 Å². The third-order valence-electron chi connectivity index (χ3n) is 2.27. The lowest BCUT2D eigenvalue weighted by Crippen LogP contribution is -1.89. The number of unbranched alkanes of at least 4 members (excludes halogenated alkanes) is 1. The largest absolute Gasteiger partial charge is 0.101 e. The molecule has 0 aromatic heterocycles. The van der Waals surface area contributed by atoms with E-state index in [2.05, 4.69) is 26.2 Å². The Morgan fingerprint density at radius 3 is 2.57 bits per heavy atom. The summed E-state index contributed by atoms with van der Waals surface area (Å²) in [6, 6.07) is 0. The van der Waals surface area contributed by atoms with Crippen LogP contribution in [0.4, 0.5) is 0 Å². The maximum atomic E-state index is 2.34. The fraction of sp³-hybridized carbons (Fsp3) is 0.667. The lowest BCUT2D eigenvalue weighted by Gasteiger charge is -2.17. The molecule has 0 aromatic rings. The first-order valence-corrected chi connectivity index (χ1v) is 7.20. The molecule has 80 valence electrons. The normalized spacial score (nSPS) is 17.2. The minimum absolute atomic E-state index is 1.26. The Hall–Kier alpha value is 0.180. The van der Waals surface area contributed by atoms with Crippen LogP contribution in [-0.2, 0) is 0 Å². The van der Waals surface area contributed by atoms with Crippen LogP contribution in [0.15, 0.2) is 20.1 Å². The molecule has 0 saturated carbocycles. The van der Waals surface area contributed by atoms with Gasteiger partial charge in [-0.1, -0.05) is 38.5 Å². The fourth-order valence-corrected chi connectivity index (χ4v) is 3.67. The summed E-state index contributed by atoms with van der Waals surface area (Å²) >= 11 is 3.95. The lowest BCUT2D eigenvalue weighted by molar-refractivity contribution is 0.809. The molecule has 0 saturated heterocycles. The second kappa shape index (κ2) is 6.62. The van der Waals surface area contributed by atoms with Crippen molar-refractivity contribution in [1.82, 2.24) is 0 Å². The number of hydrogen-bond donors (Lipinski definition) is 0. The van der Waals surface area contributed by atoms with Gasteiger partial charge in [0, 0.05) is 0 Å². The van der Waals surface area contributed by atoms with Crippen molar-refractivity contribution in [3.63, 3.8) is 0 Å². The number of hydrogen-bond acceptors (Lipinski definition) is 2. The molecule has 0 bridgehead atoms. The van der Waals surface area contributed by atoms with E-state index in [-0.39, 0.29) is 0 Å². The maximum Gasteiger partial charge on any atom is -0.000997 e. The van der Waals surface area contributed by atoms with Crippen LogP contribution in [0, 0.1) is 0 Å². The average molecular weight is 228 g/mol. The summed E-state index contributed by atoms with van der Waals surface area (Å²) in [7, 11) is 0. The van der Waals surface area contributed by atoms with Gasteiger partial charge in [0.1, 0.15) is 0 Å². The molecule has 0 aromatic carbocycles. The van der Waals surface area contributed by atoms with Crippen LogP contribution >= 0.6 is 23.5 Å². The molecule has 0 amide bonds. The second-order valence-corrected chi connectivity index (χ2v) is 5.94. The minimum atomic E-state index is 1.26. The third kappa shape index (κ3) is 3.74. The summed E-state index contributed by atoms with van der Waals surface area (Å²) < 4.78 is 0. The van der Waals surface area contributed by atoms with Gasteiger partial charge in [-0.05, 0) is 46.3 Å². The SMILES string of the molecule is CCCCC1=CSC(C)=C(CCC)S1. The zero-order valence-electron chi connectivity index (χ0n) is 9.43. The Morgan fingerprint density at radius 2 is 1.93 bits per heavy atom. The number of allylic oxidation sites excluding steroid dienone is 3. The zero-order valence-corrected chi connectivity index (χ0v) is 11.1. The molecule has 0 radical (unpaired) electrons. The van der Waals surface area contributed by atoms with E-state index < -0.39 is 0 Å². The van der Waals surface area contributed by atoms with Gasteiger partial charge >= 0.3 is 0 Å². The molecule has 0 N–H and O–H groups in total. The van der Waals surface area contributed by atoms with E-state index >= 15 is 0 Å². The first kappa shape index (κ1) is 12.3. The average Bonchev–Trinajstić information content (AvgIpc) is 2.19. The van der Waals surface area contributed by atoms with Crippen molar-refractivity contribution < 1.29 is 0 Å². The summed E-state index contributed by atoms with van der Waals surface area (Å²) in [5, 5.41) is 2.34. The first-order valence-electron chi connectivity index (χ1n) is 5.51. The quantitative estimate of drug-likeness (QED) is 0.607. The Bertz CT molecular complexity index is 239. The molecular weight excluding hydrogens is 208 g/mol. The number of thioether (sulfide) groups is 2. The Balaban J connectivity index is 2.46. The van der Waals surface area contributed by atoms with E-state index in [1.54, 1.807) is 9.81 Å². The van der Waals surface area contributed by atoms with Gasteiger partial charge in [-0.15, -0.1) is 11.8 Å². The predicted octanol–water partition coefficient (Wildman–Crippen LogP) is 5.53. The smallest absolute Gasteiger partial charge is 0.000997 e.